The van der Waals surface area contributed by atoms with Gasteiger partial charge in [-0.05, 0) is 40.0 Å². The van der Waals surface area contributed by atoms with Crippen molar-refractivity contribution in [3.8, 4) is 6.07 Å². The molecule has 0 radical (unpaired) electrons. The Bertz CT molecular complexity index is 452. The van der Waals surface area contributed by atoms with E-state index >= 15 is 0 Å². The minimum atomic E-state index is -1.41. The van der Waals surface area contributed by atoms with Crippen LogP contribution in [0.4, 0.5) is 0 Å². The highest BCUT2D eigenvalue weighted by Gasteiger charge is 2.38. The molecule has 0 aromatic heterocycles. The fraction of sp³-hybridized carbons (Fsp3) is 0.800. The molecule has 2 N–H and O–H groups in total. The van der Waals surface area contributed by atoms with Crippen molar-refractivity contribution >= 4 is 11.9 Å². The molecule has 0 aromatic rings. The topological polar surface area (TPSA) is 123 Å². The van der Waals surface area contributed by atoms with Gasteiger partial charge in [0.15, 0.2) is 11.1 Å². The minimum absolute atomic E-state index is 0.241. The monoisotopic (exact) mass is 313 g/mol. The lowest BCUT2D eigenvalue weighted by Gasteiger charge is -2.24. The van der Waals surface area contributed by atoms with E-state index < -0.39 is 23.0 Å². The smallest absolute Gasteiger partial charge is 0.333 e. The average Bonchev–Trinajstić information content (AvgIpc) is 2.43. The maximum absolute atomic E-state index is 11.0. The molecule has 0 bridgehead atoms. The summed E-state index contributed by atoms with van der Waals surface area (Å²) in [6, 6.07) is 2.11. The van der Waals surface area contributed by atoms with Crippen LogP contribution in [-0.4, -0.2) is 33.2 Å². The summed E-state index contributed by atoms with van der Waals surface area (Å²) < 4.78 is 0. The molecule has 0 aliphatic carbocycles. The van der Waals surface area contributed by atoms with Gasteiger partial charge >= 0.3 is 11.9 Å². The van der Waals surface area contributed by atoms with E-state index in [-0.39, 0.29) is 11.8 Å². The summed E-state index contributed by atoms with van der Waals surface area (Å²) in [5.41, 5.74) is -2.81. The van der Waals surface area contributed by atoms with Crippen LogP contribution in [0.5, 0.6) is 0 Å². The molecule has 7 nitrogen and oxygen atoms in total. The van der Waals surface area contributed by atoms with Crippen LogP contribution in [0.3, 0.4) is 0 Å². The first-order valence-electron chi connectivity index (χ1n) is 7.15. The number of hydrogen-bond acceptors (Lipinski definition) is 5. The second kappa shape index (κ2) is 9.13. The first-order chi connectivity index (χ1) is 9.85. The first kappa shape index (κ1) is 22.3. The highest BCUT2D eigenvalue weighted by atomic mass is 16.4. The van der Waals surface area contributed by atoms with Gasteiger partial charge in [-0.3, -0.25) is 0 Å². The molecular weight excluding hydrogens is 286 g/mol. The van der Waals surface area contributed by atoms with Gasteiger partial charge in [-0.15, -0.1) is 0 Å². The van der Waals surface area contributed by atoms with Crippen molar-refractivity contribution in [2.75, 3.05) is 0 Å². The highest BCUT2D eigenvalue weighted by molar-refractivity contribution is 5.79. The lowest BCUT2D eigenvalue weighted by molar-refractivity contribution is -0.146. The van der Waals surface area contributed by atoms with Gasteiger partial charge in [0.25, 0.3) is 0 Å². The van der Waals surface area contributed by atoms with Crippen LogP contribution in [-0.2, 0) is 9.59 Å². The molecule has 7 heteroatoms. The summed E-state index contributed by atoms with van der Waals surface area (Å²) in [7, 11) is 0. The summed E-state index contributed by atoms with van der Waals surface area (Å²) >= 11 is 0. The Morgan fingerprint density at radius 3 is 1.73 bits per heavy atom. The molecule has 0 saturated carbocycles. The molecule has 126 valence electrons. The van der Waals surface area contributed by atoms with E-state index in [0.717, 1.165) is 6.42 Å². The quantitative estimate of drug-likeness (QED) is 0.728. The molecule has 0 rings (SSSR count). The van der Waals surface area contributed by atoms with Crippen molar-refractivity contribution in [2.24, 2.45) is 22.1 Å². The van der Waals surface area contributed by atoms with E-state index in [1.165, 1.54) is 20.8 Å². The van der Waals surface area contributed by atoms with Crippen molar-refractivity contribution in [2.45, 2.75) is 66.0 Å². The van der Waals surface area contributed by atoms with Crippen molar-refractivity contribution < 1.29 is 19.8 Å². The molecule has 22 heavy (non-hydrogen) atoms. The highest BCUT2D eigenvalue weighted by Crippen LogP contribution is 2.24. The lowest BCUT2D eigenvalue weighted by atomic mass is 9.90. The van der Waals surface area contributed by atoms with Gasteiger partial charge < -0.3 is 10.2 Å². The zero-order chi connectivity index (χ0) is 18.1. The maximum atomic E-state index is 11.0. The molecule has 0 aromatic carbocycles. The number of carbonyl (C=O) groups is 2. The van der Waals surface area contributed by atoms with Crippen LogP contribution >= 0.6 is 0 Å². The first-order valence-corrected chi connectivity index (χ1v) is 7.15. The van der Waals surface area contributed by atoms with Gasteiger partial charge in [0.1, 0.15) is 0 Å². The standard InChI is InChI=1S/C10H18N2O4.C5H9N/c1-6(2)10(5,8(15)16)12-11-9(3,4)7(13)14;1-3-5(2)4-6/h6H,1-5H3,(H,13,14)(H,15,16);5H,3H2,1-2H3. The summed E-state index contributed by atoms with van der Waals surface area (Å²) in [4.78, 5) is 21.8. The Labute approximate surface area is 132 Å². The maximum Gasteiger partial charge on any atom is 0.333 e. The second-order valence-corrected chi connectivity index (χ2v) is 6.11. The molecule has 0 aliphatic rings. The fourth-order valence-corrected chi connectivity index (χ4v) is 0.768. The summed E-state index contributed by atoms with van der Waals surface area (Å²) in [6.45, 7) is 11.5. The Hall–Kier alpha value is -1.97. The Morgan fingerprint density at radius 2 is 1.55 bits per heavy atom. The van der Waals surface area contributed by atoms with Crippen molar-refractivity contribution in [3.05, 3.63) is 0 Å². The molecule has 0 aliphatic heterocycles. The molecule has 0 heterocycles. The fourth-order valence-electron chi connectivity index (χ4n) is 0.768. The van der Waals surface area contributed by atoms with Gasteiger partial charge in [0.2, 0.25) is 0 Å². The van der Waals surface area contributed by atoms with Crippen LogP contribution in [0.25, 0.3) is 0 Å². The Morgan fingerprint density at radius 1 is 1.09 bits per heavy atom. The van der Waals surface area contributed by atoms with Gasteiger partial charge in [0.05, 0.1) is 6.07 Å². The van der Waals surface area contributed by atoms with Crippen molar-refractivity contribution in [1.82, 2.24) is 0 Å². The predicted octanol–water partition coefficient (Wildman–Crippen LogP) is 3.36. The SMILES string of the molecule is CC(C)C(C)(N=NC(C)(C)C(=O)O)C(=O)O.CCC(C)C#N. The van der Waals surface area contributed by atoms with Crippen LogP contribution < -0.4 is 0 Å². The zero-order valence-corrected chi connectivity index (χ0v) is 14.4. The summed E-state index contributed by atoms with van der Waals surface area (Å²) in [5.74, 6) is -2.30. The van der Waals surface area contributed by atoms with Gasteiger partial charge in [-0.2, -0.15) is 15.5 Å². The summed E-state index contributed by atoms with van der Waals surface area (Å²) in [6.07, 6.45) is 0.969. The number of nitrogens with zero attached hydrogens (tertiary/aromatic N) is 3. The van der Waals surface area contributed by atoms with Gasteiger partial charge in [-0.1, -0.05) is 20.8 Å². The van der Waals surface area contributed by atoms with Crippen LogP contribution in [0.1, 0.15) is 54.9 Å². The third-order valence-electron chi connectivity index (χ3n) is 3.42. The number of aliphatic carboxylic acids is 2. The molecular formula is C15H27N3O4. The van der Waals surface area contributed by atoms with E-state index in [0.29, 0.717) is 0 Å². The average molecular weight is 313 g/mol. The van der Waals surface area contributed by atoms with E-state index in [1.54, 1.807) is 13.8 Å². The zero-order valence-electron chi connectivity index (χ0n) is 14.4. The normalized spacial score (nSPS) is 15.4. The third kappa shape index (κ3) is 7.16. The number of hydrogen-bond donors (Lipinski definition) is 2. The third-order valence-corrected chi connectivity index (χ3v) is 3.42. The number of carboxylic acids is 2. The Kier molecular flexibility index (Phi) is 9.26. The van der Waals surface area contributed by atoms with Crippen LogP contribution in [0.15, 0.2) is 10.2 Å². The van der Waals surface area contributed by atoms with E-state index in [1.807, 2.05) is 13.8 Å². The molecule has 0 saturated heterocycles. The molecule has 2 unspecified atom stereocenters. The van der Waals surface area contributed by atoms with Crippen LogP contribution in [0.2, 0.25) is 0 Å². The number of carboxylic acid groups (broad SMARTS) is 2. The molecule has 0 spiro atoms. The number of azo groups is 1. The molecule has 0 amide bonds. The van der Waals surface area contributed by atoms with Gasteiger partial charge in [-0.25, -0.2) is 9.59 Å². The van der Waals surface area contributed by atoms with Crippen molar-refractivity contribution in [1.29, 1.82) is 5.26 Å². The van der Waals surface area contributed by atoms with Gasteiger partial charge in [0, 0.05) is 5.92 Å². The predicted molar refractivity (Wildman–Crippen MR) is 82.5 cm³/mol. The van der Waals surface area contributed by atoms with Crippen LogP contribution in [0, 0.1) is 23.2 Å². The lowest BCUT2D eigenvalue weighted by Crippen LogP contribution is -2.39. The largest absolute Gasteiger partial charge is 0.479 e. The molecule has 2 atom stereocenters. The number of nitriles is 1. The minimum Gasteiger partial charge on any atom is -0.479 e. The van der Waals surface area contributed by atoms with E-state index in [4.69, 9.17) is 15.5 Å². The second-order valence-electron chi connectivity index (χ2n) is 6.11. The van der Waals surface area contributed by atoms with E-state index in [2.05, 4.69) is 16.3 Å². The molecule has 0 fully saturated rings. The number of rotatable bonds is 6. The van der Waals surface area contributed by atoms with Crippen molar-refractivity contribution in [3.63, 3.8) is 0 Å². The summed E-state index contributed by atoms with van der Waals surface area (Å²) in [5, 5.41) is 33.2. The van der Waals surface area contributed by atoms with E-state index in [9.17, 15) is 9.59 Å². The Balaban J connectivity index is 0.